The van der Waals surface area contributed by atoms with Crippen LogP contribution in [0.1, 0.15) is 12.5 Å². The number of nitro groups is 1. The summed E-state index contributed by atoms with van der Waals surface area (Å²) in [5.41, 5.74) is 1.47. The Hall–Kier alpha value is -1.08. The Labute approximate surface area is 129 Å². The molecule has 0 bridgehead atoms. The summed E-state index contributed by atoms with van der Waals surface area (Å²) in [5, 5.41) is 10.6. The van der Waals surface area contributed by atoms with Crippen LogP contribution < -0.4 is 0 Å². The average Bonchev–Trinajstić information content (AvgIpc) is 2.39. The van der Waals surface area contributed by atoms with E-state index in [1.54, 1.807) is 23.9 Å². The van der Waals surface area contributed by atoms with Crippen molar-refractivity contribution in [1.29, 1.82) is 0 Å². The molecule has 2 aromatic rings. The maximum absolute atomic E-state index is 10.6. The number of rotatable bonds is 4. The van der Waals surface area contributed by atoms with Crippen molar-refractivity contribution in [2.24, 2.45) is 0 Å². The predicted molar refractivity (Wildman–Crippen MR) is 85.8 cm³/mol. The highest BCUT2D eigenvalue weighted by molar-refractivity contribution is 14.1. The smallest absolute Gasteiger partial charge is 0.258 e. The van der Waals surface area contributed by atoms with E-state index in [9.17, 15) is 10.1 Å². The van der Waals surface area contributed by atoms with Gasteiger partial charge < -0.3 is 0 Å². The third-order valence-electron chi connectivity index (χ3n) is 2.69. The van der Waals surface area contributed by atoms with Gasteiger partial charge in [-0.05, 0) is 58.8 Å². The molecule has 0 heterocycles. The zero-order valence-electron chi connectivity index (χ0n) is 10.3. The van der Waals surface area contributed by atoms with E-state index in [2.05, 4.69) is 47.7 Å². The summed E-state index contributed by atoms with van der Waals surface area (Å²) in [7, 11) is 0. The summed E-state index contributed by atoms with van der Waals surface area (Å²) in [6.45, 7) is 2.14. The van der Waals surface area contributed by atoms with E-state index in [1.165, 1.54) is 21.3 Å². The van der Waals surface area contributed by atoms with Gasteiger partial charge >= 0.3 is 0 Å². The molecule has 0 aliphatic rings. The van der Waals surface area contributed by atoms with Crippen LogP contribution >= 0.6 is 34.4 Å². The summed E-state index contributed by atoms with van der Waals surface area (Å²) in [4.78, 5) is 12.4. The van der Waals surface area contributed by atoms with E-state index in [-0.39, 0.29) is 10.6 Å². The second kappa shape index (κ2) is 6.38. The normalized spacial score (nSPS) is 10.4. The summed E-state index contributed by atoms with van der Waals surface area (Å²) < 4.78 is 1.26. The molecular formula is C14H12INO2S. The van der Waals surface area contributed by atoms with Crippen LogP contribution in [-0.4, -0.2) is 4.92 Å². The van der Waals surface area contributed by atoms with Gasteiger partial charge in [-0.15, -0.1) is 0 Å². The van der Waals surface area contributed by atoms with E-state index < -0.39 is 0 Å². The van der Waals surface area contributed by atoms with Crippen LogP contribution in [0.5, 0.6) is 0 Å². The summed E-state index contributed by atoms with van der Waals surface area (Å²) in [6, 6.07) is 13.0. The van der Waals surface area contributed by atoms with Crippen molar-refractivity contribution >= 4 is 40.0 Å². The van der Waals surface area contributed by atoms with Crippen LogP contribution in [-0.2, 0) is 6.42 Å². The van der Waals surface area contributed by atoms with Gasteiger partial charge in [-0.1, -0.05) is 24.8 Å². The zero-order valence-corrected chi connectivity index (χ0v) is 13.3. The highest BCUT2D eigenvalue weighted by atomic mass is 127. The molecule has 98 valence electrons. The molecule has 0 N–H and O–H groups in total. The van der Waals surface area contributed by atoms with Crippen LogP contribution in [0.25, 0.3) is 0 Å². The Balaban J connectivity index is 2.16. The summed E-state index contributed by atoms with van der Waals surface area (Å²) in [6.07, 6.45) is 1.03. The highest BCUT2D eigenvalue weighted by Crippen LogP contribution is 2.30. The maximum Gasteiger partial charge on any atom is 0.269 e. The maximum atomic E-state index is 10.6. The molecule has 0 amide bonds. The lowest BCUT2D eigenvalue weighted by Crippen LogP contribution is -1.87. The quantitative estimate of drug-likeness (QED) is 0.427. The van der Waals surface area contributed by atoms with E-state index in [0.29, 0.717) is 0 Å². The largest absolute Gasteiger partial charge is 0.269 e. The fourth-order valence-electron chi connectivity index (χ4n) is 1.65. The van der Waals surface area contributed by atoms with E-state index in [0.717, 1.165) is 16.2 Å². The molecule has 2 rings (SSSR count). The Kier molecular flexibility index (Phi) is 4.81. The Morgan fingerprint density at radius 3 is 2.32 bits per heavy atom. The van der Waals surface area contributed by atoms with E-state index in [4.69, 9.17) is 0 Å². The van der Waals surface area contributed by atoms with Crippen molar-refractivity contribution in [3.63, 3.8) is 0 Å². The first-order valence-corrected chi connectivity index (χ1v) is 7.70. The molecule has 5 heteroatoms. The van der Waals surface area contributed by atoms with E-state index in [1.807, 2.05) is 0 Å². The van der Waals surface area contributed by atoms with Crippen molar-refractivity contribution in [3.05, 3.63) is 61.7 Å². The van der Waals surface area contributed by atoms with Crippen molar-refractivity contribution in [3.8, 4) is 0 Å². The lowest BCUT2D eigenvalue weighted by molar-refractivity contribution is -0.384. The Bertz CT molecular complexity index is 599. The predicted octanol–water partition coefficient (Wildman–Crippen LogP) is 4.91. The molecule has 0 spiro atoms. The van der Waals surface area contributed by atoms with Gasteiger partial charge in [0.2, 0.25) is 0 Å². The van der Waals surface area contributed by atoms with Crippen molar-refractivity contribution in [2.45, 2.75) is 23.1 Å². The zero-order chi connectivity index (χ0) is 13.8. The molecule has 19 heavy (non-hydrogen) atoms. The second-order valence-electron chi connectivity index (χ2n) is 3.96. The van der Waals surface area contributed by atoms with Crippen molar-refractivity contribution in [1.82, 2.24) is 0 Å². The molecule has 0 radical (unpaired) electrons. The number of aryl methyl sites for hydroxylation is 1. The van der Waals surface area contributed by atoms with Gasteiger partial charge in [-0.2, -0.15) is 0 Å². The molecule has 0 unspecified atom stereocenters. The number of benzene rings is 2. The average molecular weight is 385 g/mol. The molecule has 3 nitrogen and oxygen atoms in total. The topological polar surface area (TPSA) is 43.1 Å². The number of hydrogen-bond donors (Lipinski definition) is 0. The number of nitrogens with zero attached hydrogens (tertiary/aromatic N) is 1. The number of hydrogen-bond acceptors (Lipinski definition) is 3. The molecule has 0 aliphatic carbocycles. The highest BCUT2D eigenvalue weighted by Gasteiger charge is 2.06. The lowest BCUT2D eigenvalue weighted by Gasteiger charge is -2.05. The van der Waals surface area contributed by atoms with Gasteiger partial charge in [0.1, 0.15) is 0 Å². The number of non-ortho nitro benzene ring substituents is 1. The number of nitro benzene ring substituents is 1. The molecule has 2 aromatic carbocycles. The lowest BCUT2D eigenvalue weighted by atomic mass is 10.2. The van der Waals surface area contributed by atoms with Crippen molar-refractivity contribution in [2.75, 3.05) is 0 Å². The fourth-order valence-corrected chi connectivity index (χ4v) is 3.62. The van der Waals surface area contributed by atoms with Gasteiger partial charge in [0.15, 0.2) is 0 Å². The monoisotopic (exact) mass is 385 g/mol. The van der Waals surface area contributed by atoms with Gasteiger partial charge in [0.25, 0.3) is 5.69 Å². The summed E-state index contributed by atoms with van der Waals surface area (Å²) >= 11 is 3.95. The van der Waals surface area contributed by atoms with E-state index >= 15 is 0 Å². The third kappa shape index (κ3) is 3.70. The van der Waals surface area contributed by atoms with Gasteiger partial charge in [0.05, 0.1) is 4.92 Å². The molecule has 0 fully saturated rings. The third-order valence-corrected chi connectivity index (χ3v) is 4.69. The van der Waals surface area contributed by atoms with Crippen LogP contribution in [0, 0.1) is 13.7 Å². The fraction of sp³-hybridized carbons (Fsp3) is 0.143. The molecule has 0 saturated heterocycles. The van der Waals surface area contributed by atoms with Crippen LogP contribution in [0.15, 0.2) is 52.3 Å². The standard InChI is InChI=1S/C14H12INO2S/c1-2-10-3-6-13(9-14(10)15)19-12-7-4-11(5-8-12)16(17)18/h3-9H,2H2,1H3. The molecule has 0 aliphatic heterocycles. The van der Waals surface area contributed by atoms with Crippen molar-refractivity contribution < 1.29 is 4.92 Å². The van der Waals surface area contributed by atoms with Crippen LogP contribution in [0.3, 0.4) is 0 Å². The SMILES string of the molecule is CCc1ccc(Sc2ccc([N+](=O)[O-])cc2)cc1I. The molecular weight excluding hydrogens is 373 g/mol. The Morgan fingerprint density at radius 1 is 1.16 bits per heavy atom. The van der Waals surface area contributed by atoms with Gasteiger partial charge in [-0.25, -0.2) is 0 Å². The van der Waals surface area contributed by atoms with Crippen LogP contribution in [0.2, 0.25) is 0 Å². The van der Waals surface area contributed by atoms with Gasteiger partial charge in [0, 0.05) is 25.5 Å². The number of halogens is 1. The molecule has 0 aromatic heterocycles. The first kappa shape index (κ1) is 14.3. The minimum Gasteiger partial charge on any atom is -0.258 e. The second-order valence-corrected chi connectivity index (χ2v) is 6.27. The first-order valence-electron chi connectivity index (χ1n) is 5.81. The molecule has 0 saturated carbocycles. The first-order chi connectivity index (χ1) is 9.10. The van der Waals surface area contributed by atoms with Gasteiger partial charge in [-0.3, -0.25) is 10.1 Å². The summed E-state index contributed by atoms with van der Waals surface area (Å²) in [5.74, 6) is 0. The minimum absolute atomic E-state index is 0.125. The molecule has 0 atom stereocenters. The van der Waals surface area contributed by atoms with Crippen LogP contribution in [0.4, 0.5) is 5.69 Å². The minimum atomic E-state index is -0.382. The Morgan fingerprint density at radius 2 is 1.79 bits per heavy atom.